The fourth-order valence-corrected chi connectivity index (χ4v) is 1.97. The number of benzene rings is 1. The molecule has 7 heteroatoms. The van der Waals surface area contributed by atoms with Crippen molar-refractivity contribution in [3.05, 3.63) is 42.0 Å². The summed E-state index contributed by atoms with van der Waals surface area (Å²) in [5, 5.41) is 7.71. The smallest absolute Gasteiger partial charge is 0.282 e. The van der Waals surface area contributed by atoms with Crippen LogP contribution in [0.5, 0.6) is 0 Å². The van der Waals surface area contributed by atoms with Crippen molar-refractivity contribution in [3.63, 3.8) is 0 Å². The van der Waals surface area contributed by atoms with E-state index in [4.69, 9.17) is 0 Å². The number of hydrogen-bond donors (Lipinski definition) is 0. The summed E-state index contributed by atoms with van der Waals surface area (Å²) in [5.41, 5.74) is 0.621. The Hall–Kier alpha value is -1.37. The van der Waals surface area contributed by atoms with Crippen LogP contribution in [0.4, 0.5) is 13.2 Å². The molecule has 0 atom stereocenters. The zero-order valence-corrected chi connectivity index (χ0v) is 10.7. The Bertz CT molecular complexity index is 522. The molecule has 0 aliphatic rings. The minimum absolute atomic E-state index is 0.108. The predicted octanol–water partition coefficient (Wildman–Crippen LogP) is 3.27. The number of para-hydroxylation sites is 1. The summed E-state index contributed by atoms with van der Waals surface area (Å²) in [4.78, 5) is 0. The van der Waals surface area contributed by atoms with Crippen molar-refractivity contribution in [2.24, 2.45) is 0 Å². The van der Waals surface area contributed by atoms with Crippen LogP contribution in [-0.4, -0.2) is 20.9 Å². The number of hydrogen-bond acceptors (Lipinski definition) is 2. The van der Waals surface area contributed by atoms with Crippen molar-refractivity contribution >= 4 is 15.9 Å². The van der Waals surface area contributed by atoms with Gasteiger partial charge in [0.15, 0.2) is 0 Å². The minimum atomic E-state index is -4.30. The number of nitrogens with zero attached hydrogens (tertiary/aromatic N) is 3. The number of aromatic nitrogens is 3. The lowest BCUT2D eigenvalue weighted by Crippen LogP contribution is -2.16. The third kappa shape index (κ3) is 2.90. The molecular formula is C11H9BrF3N3. The summed E-state index contributed by atoms with van der Waals surface area (Å²) < 4.78 is 38.8. The van der Waals surface area contributed by atoms with Crippen LogP contribution in [0, 0.1) is 0 Å². The second-order valence-electron chi connectivity index (χ2n) is 3.63. The normalized spacial score (nSPS) is 11.8. The summed E-state index contributed by atoms with van der Waals surface area (Å²) >= 11 is 3.19. The highest BCUT2D eigenvalue weighted by Crippen LogP contribution is 2.23. The van der Waals surface area contributed by atoms with Gasteiger partial charge in [0, 0.05) is 5.69 Å². The molecule has 0 N–H and O–H groups in total. The van der Waals surface area contributed by atoms with Crippen molar-refractivity contribution in [1.29, 1.82) is 0 Å². The van der Waals surface area contributed by atoms with E-state index in [0.717, 1.165) is 0 Å². The SMILES string of the molecule is FC(F)(F)Cc1nnc(CBr)n1-c1ccccc1. The van der Waals surface area contributed by atoms with Gasteiger partial charge in [0.2, 0.25) is 0 Å². The van der Waals surface area contributed by atoms with Gasteiger partial charge in [-0.3, -0.25) is 4.57 Å². The van der Waals surface area contributed by atoms with E-state index in [2.05, 4.69) is 26.1 Å². The molecule has 0 amide bonds. The summed E-state index contributed by atoms with van der Waals surface area (Å²) in [5.74, 6) is 0.337. The molecule has 1 aromatic heterocycles. The standard InChI is InChI=1S/C11H9BrF3N3/c12-7-10-17-16-9(6-11(13,14)15)18(10)8-4-2-1-3-5-8/h1-5H,6-7H2. The molecule has 2 aromatic rings. The fraction of sp³-hybridized carbons (Fsp3) is 0.273. The van der Waals surface area contributed by atoms with Crippen LogP contribution in [0.3, 0.4) is 0 Å². The molecule has 0 unspecified atom stereocenters. The third-order valence-electron chi connectivity index (χ3n) is 2.29. The van der Waals surface area contributed by atoms with E-state index < -0.39 is 12.6 Å². The Kier molecular flexibility index (Phi) is 3.70. The first-order valence-corrected chi connectivity index (χ1v) is 6.25. The first-order chi connectivity index (χ1) is 8.51. The Morgan fingerprint density at radius 1 is 1.06 bits per heavy atom. The lowest BCUT2D eigenvalue weighted by atomic mass is 10.3. The minimum Gasteiger partial charge on any atom is -0.282 e. The first-order valence-electron chi connectivity index (χ1n) is 5.12. The Morgan fingerprint density at radius 3 is 2.22 bits per heavy atom. The Balaban J connectivity index is 2.47. The van der Waals surface area contributed by atoms with Crippen molar-refractivity contribution in [1.82, 2.24) is 14.8 Å². The molecule has 96 valence electrons. The predicted molar refractivity (Wildman–Crippen MR) is 63.7 cm³/mol. The number of halogens is 4. The van der Waals surface area contributed by atoms with E-state index in [1.165, 1.54) is 4.57 Å². The molecule has 18 heavy (non-hydrogen) atoms. The molecule has 1 heterocycles. The van der Waals surface area contributed by atoms with Gasteiger partial charge in [-0.25, -0.2) is 0 Å². The largest absolute Gasteiger partial charge is 0.396 e. The lowest BCUT2D eigenvalue weighted by molar-refractivity contribution is -0.128. The summed E-state index contributed by atoms with van der Waals surface area (Å²) in [6, 6.07) is 8.74. The molecular weight excluding hydrogens is 311 g/mol. The molecule has 2 rings (SSSR count). The van der Waals surface area contributed by atoms with Gasteiger partial charge in [-0.05, 0) is 12.1 Å². The highest BCUT2D eigenvalue weighted by atomic mass is 79.9. The molecule has 0 aliphatic heterocycles. The molecule has 1 aromatic carbocycles. The molecule has 3 nitrogen and oxygen atoms in total. The molecule has 0 saturated heterocycles. The van der Waals surface area contributed by atoms with Crippen LogP contribution in [0.2, 0.25) is 0 Å². The Labute approximate surface area is 110 Å². The van der Waals surface area contributed by atoms with Crippen molar-refractivity contribution in [2.45, 2.75) is 17.9 Å². The second-order valence-corrected chi connectivity index (χ2v) is 4.19. The van der Waals surface area contributed by atoms with Gasteiger partial charge < -0.3 is 0 Å². The molecule has 0 saturated carbocycles. The van der Waals surface area contributed by atoms with Gasteiger partial charge >= 0.3 is 6.18 Å². The van der Waals surface area contributed by atoms with Crippen molar-refractivity contribution in [3.8, 4) is 5.69 Å². The molecule has 0 fully saturated rings. The summed E-state index contributed by atoms with van der Waals surface area (Å²) in [6.45, 7) is 0. The average Bonchev–Trinajstić information content (AvgIpc) is 2.70. The summed E-state index contributed by atoms with van der Waals surface area (Å²) in [7, 11) is 0. The highest BCUT2D eigenvalue weighted by Gasteiger charge is 2.31. The van der Waals surface area contributed by atoms with Crippen LogP contribution in [0.1, 0.15) is 11.6 Å². The third-order valence-corrected chi connectivity index (χ3v) is 2.79. The van der Waals surface area contributed by atoms with Gasteiger partial charge in [-0.2, -0.15) is 13.2 Å². The van der Waals surface area contributed by atoms with E-state index in [-0.39, 0.29) is 5.82 Å². The van der Waals surface area contributed by atoms with Gasteiger partial charge in [0.1, 0.15) is 18.1 Å². The van der Waals surface area contributed by atoms with Crippen molar-refractivity contribution in [2.75, 3.05) is 0 Å². The zero-order valence-electron chi connectivity index (χ0n) is 9.15. The Morgan fingerprint density at radius 2 is 1.67 bits per heavy atom. The van der Waals surface area contributed by atoms with Gasteiger partial charge in [-0.15, -0.1) is 10.2 Å². The molecule has 0 radical (unpaired) electrons. The van der Waals surface area contributed by atoms with Gasteiger partial charge in [0.05, 0.1) is 5.33 Å². The topological polar surface area (TPSA) is 30.7 Å². The molecule has 0 spiro atoms. The van der Waals surface area contributed by atoms with E-state index in [9.17, 15) is 13.2 Å². The maximum absolute atomic E-state index is 12.5. The average molecular weight is 320 g/mol. The van der Waals surface area contributed by atoms with Crippen molar-refractivity contribution < 1.29 is 13.2 Å². The molecule has 0 bridgehead atoms. The van der Waals surface area contributed by atoms with Crippen LogP contribution >= 0.6 is 15.9 Å². The maximum Gasteiger partial charge on any atom is 0.396 e. The van der Waals surface area contributed by atoms with Crippen LogP contribution in [-0.2, 0) is 11.8 Å². The van der Waals surface area contributed by atoms with E-state index in [1.807, 2.05) is 0 Å². The molecule has 0 aliphatic carbocycles. The monoisotopic (exact) mass is 319 g/mol. The van der Waals surface area contributed by atoms with Crippen LogP contribution in [0.25, 0.3) is 5.69 Å². The maximum atomic E-state index is 12.5. The highest BCUT2D eigenvalue weighted by molar-refractivity contribution is 9.08. The van der Waals surface area contributed by atoms with E-state index >= 15 is 0 Å². The number of rotatable bonds is 3. The van der Waals surface area contributed by atoms with Crippen LogP contribution < -0.4 is 0 Å². The number of alkyl halides is 4. The van der Waals surface area contributed by atoms with Gasteiger partial charge in [0.25, 0.3) is 0 Å². The van der Waals surface area contributed by atoms with E-state index in [0.29, 0.717) is 16.8 Å². The fourth-order valence-electron chi connectivity index (χ4n) is 1.61. The zero-order chi connectivity index (χ0) is 13.2. The quantitative estimate of drug-likeness (QED) is 0.813. The second kappa shape index (κ2) is 5.09. The van der Waals surface area contributed by atoms with Gasteiger partial charge in [-0.1, -0.05) is 34.1 Å². The first kappa shape index (κ1) is 13.1. The lowest BCUT2D eigenvalue weighted by Gasteiger charge is -2.10. The van der Waals surface area contributed by atoms with Crippen LogP contribution in [0.15, 0.2) is 30.3 Å². The summed E-state index contributed by atoms with van der Waals surface area (Å²) in [6.07, 6.45) is -5.40. The van der Waals surface area contributed by atoms with E-state index in [1.54, 1.807) is 30.3 Å².